The number of pyridine rings is 1. The summed E-state index contributed by atoms with van der Waals surface area (Å²) < 4.78 is 0. The van der Waals surface area contributed by atoms with E-state index < -0.39 is 0 Å². The summed E-state index contributed by atoms with van der Waals surface area (Å²) in [5.74, 6) is 0.209. The topological polar surface area (TPSA) is 81.3 Å². The molecule has 2 heterocycles. The van der Waals surface area contributed by atoms with Crippen molar-refractivity contribution in [1.29, 1.82) is 0 Å². The molecule has 5 rings (SSSR count). The maximum Gasteiger partial charge on any atom is 0.252 e. The highest BCUT2D eigenvalue weighted by Gasteiger charge is 2.24. The van der Waals surface area contributed by atoms with E-state index in [1.165, 1.54) is 47.7 Å². The standard InChI is InChI=1S/C29H33ClN6OS/c30-25-18-22(28(37)31-14-17-36-15-6-1-7-16-36)19-32-27(25)34-35-29(38)33-26-23-10-4-2-8-20(23)12-13-21-9-3-5-11-24(21)26/h2-5,8-11,18-19,26H,1,6-7,12-17H2,(H,31,37)(H,32,34)(H2,33,35,38). The first-order valence-corrected chi connectivity index (χ1v) is 14.0. The highest BCUT2D eigenvalue weighted by atomic mass is 35.5. The lowest BCUT2D eigenvalue weighted by molar-refractivity contribution is 0.0946. The van der Waals surface area contributed by atoms with E-state index in [0.717, 1.165) is 32.5 Å². The summed E-state index contributed by atoms with van der Waals surface area (Å²) in [6.07, 6.45) is 7.25. The lowest BCUT2D eigenvalue weighted by Crippen LogP contribution is -2.41. The van der Waals surface area contributed by atoms with E-state index in [1.54, 1.807) is 6.07 Å². The van der Waals surface area contributed by atoms with E-state index >= 15 is 0 Å². The summed E-state index contributed by atoms with van der Waals surface area (Å²) in [5.41, 5.74) is 11.5. The van der Waals surface area contributed by atoms with Crippen LogP contribution in [-0.4, -0.2) is 47.1 Å². The minimum atomic E-state index is -0.182. The summed E-state index contributed by atoms with van der Waals surface area (Å²) >= 11 is 12.1. The van der Waals surface area contributed by atoms with E-state index in [1.807, 2.05) is 0 Å². The Bertz CT molecular complexity index is 1250. The number of benzene rings is 2. The van der Waals surface area contributed by atoms with Crippen LogP contribution in [0.2, 0.25) is 5.02 Å². The molecule has 4 N–H and O–H groups in total. The maximum atomic E-state index is 12.6. The number of nitrogens with one attached hydrogen (secondary N) is 4. The number of fused-ring (bicyclic) bond motifs is 2. The zero-order valence-corrected chi connectivity index (χ0v) is 22.9. The Morgan fingerprint density at radius 2 is 1.66 bits per heavy atom. The largest absolute Gasteiger partial charge is 0.351 e. The summed E-state index contributed by atoms with van der Waals surface area (Å²) in [6.45, 7) is 3.67. The Balaban J connectivity index is 1.18. The number of hydrogen-bond donors (Lipinski definition) is 4. The number of carbonyl (C=O) groups is 1. The summed E-state index contributed by atoms with van der Waals surface area (Å²) in [6, 6.07) is 18.5. The van der Waals surface area contributed by atoms with Crippen LogP contribution < -0.4 is 21.5 Å². The number of aromatic nitrogens is 1. The highest BCUT2D eigenvalue weighted by molar-refractivity contribution is 7.80. The fourth-order valence-corrected chi connectivity index (χ4v) is 5.61. The number of likely N-dealkylation sites (tertiary alicyclic amines) is 1. The van der Waals surface area contributed by atoms with Crippen molar-refractivity contribution >= 4 is 40.7 Å². The van der Waals surface area contributed by atoms with Gasteiger partial charge in [0.2, 0.25) is 0 Å². The highest BCUT2D eigenvalue weighted by Crippen LogP contribution is 2.32. The minimum Gasteiger partial charge on any atom is -0.351 e. The van der Waals surface area contributed by atoms with Crippen LogP contribution in [0.15, 0.2) is 60.8 Å². The molecule has 0 saturated carbocycles. The second-order valence-electron chi connectivity index (χ2n) is 9.77. The number of rotatable bonds is 7. The van der Waals surface area contributed by atoms with Crippen LogP contribution >= 0.6 is 23.8 Å². The molecule has 1 amide bonds. The number of piperidine rings is 1. The van der Waals surface area contributed by atoms with Gasteiger partial charge in [-0.3, -0.25) is 15.6 Å². The van der Waals surface area contributed by atoms with Gasteiger partial charge in [-0.1, -0.05) is 66.6 Å². The van der Waals surface area contributed by atoms with Crippen LogP contribution in [0.5, 0.6) is 0 Å². The predicted molar refractivity (Wildman–Crippen MR) is 156 cm³/mol. The number of hydrazine groups is 1. The van der Waals surface area contributed by atoms with Gasteiger partial charge >= 0.3 is 0 Å². The SMILES string of the molecule is O=C(NCCN1CCCCC1)c1cnc(NNC(=S)NC2c3ccccc3CCc3ccccc32)c(Cl)c1. The average molecular weight is 549 g/mol. The quantitative estimate of drug-likeness (QED) is 0.253. The maximum absolute atomic E-state index is 12.6. The van der Waals surface area contributed by atoms with Gasteiger partial charge in [-0.2, -0.15) is 0 Å². The van der Waals surface area contributed by atoms with Crippen LogP contribution in [0.25, 0.3) is 0 Å². The van der Waals surface area contributed by atoms with Crippen molar-refractivity contribution in [2.45, 2.75) is 38.1 Å². The Hall–Kier alpha value is -3.20. The fourth-order valence-electron chi connectivity index (χ4n) is 5.23. The van der Waals surface area contributed by atoms with Crippen molar-refractivity contribution in [1.82, 2.24) is 25.9 Å². The number of carbonyl (C=O) groups excluding carboxylic acids is 1. The molecule has 1 aliphatic heterocycles. The molecule has 1 fully saturated rings. The predicted octanol–water partition coefficient (Wildman–Crippen LogP) is 4.63. The van der Waals surface area contributed by atoms with Crippen molar-refractivity contribution in [3.05, 3.63) is 93.6 Å². The Kier molecular flexibility index (Phi) is 8.73. The molecule has 38 heavy (non-hydrogen) atoms. The molecule has 3 aromatic rings. The average Bonchev–Trinajstić information content (AvgIpc) is 3.10. The normalized spacial score (nSPS) is 15.5. The lowest BCUT2D eigenvalue weighted by Gasteiger charge is -2.26. The van der Waals surface area contributed by atoms with Gasteiger partial charge in [0.05, 0.1) is 16.6 Å². The number of halogens is 1. The summed E-state index contributed by atoms with van der Waals surface area (Å²) in [5, 5.41) is 7.17. The smallest absolute Gasteiger partial charge is 0.252 e. The summed E-state index contributed by atoms with van der Waals surface area (Å²) in [7, 11) is 0. The number of anilines is 1. The third kappa shape index (κ3) is 6.43. The molecule has 0 atom stereocenters. The van der Waals surface area contributed by atoms with Crippen LogP contribution in [0.4, 0.5) is 5.82 Å². The first kappa shape index (κ1) is 26.4. The van der Waals surface area contributed by atoms with Gasteiger partial charge in [0.1, 0.15) is 0 Å². The van der Waals surface area contributed by atoms with E-state index in [-0.39, 0.29) is 11.9 Å². The zero-order chi connectivity index (χ0) is 26.3. The minimum absolute atomic E-state index is 0.0776. The van der Waals surface area contributed by atoms with Crippen LogP contribution in [-0.2, 0) is 12.8 Å². The molecule has 1 aliphatic carbocycles. The molecule has 0 bridgehead atoms. The monoisotopic (exact) mass is 548 g/mol. The van der Waals surface area contributed by atoms with Crippen LogP contribution in [0.1, 0.15) is 57.9 Å². The molecule has 7 nitrogen and oxygen atoms in total. The van der Waals surface area contributed by atoms with Gasteiger partial charge in [-0.15, -0.1) is 0 Å². The van der Waals surface area contributed by atoms with Gasteiger partial charge < -0.3 is 15.5 Å². The van der Waals surface area contributed by atoms with Crippen molar-refractivity contribution in [3.8, 4) is 0 Å². The number of hydrogen-bond acceptors (Lipinski definition) is 5. The molecular weight excluding hydrogens is 516 g/mol. The first-order chi connectivity index (χ1) is 18.6. The number of aryl methyl sites for hydroxylation is 2. The molecule has 2 aromatic carbocycles. The second kappa shape index (κ2) is 12.6. The van der Waals surface area contributed by atoms with E-state index in [4.69, 9.17) is 23.8 Å². The van der Waals surface area contributed by atoms with Crippen LogP contribution in [0.3, 0.4) is 0 Å². The van der Waals surface area contributed by atoms with E-state index in [9.17, 15) is 4.79 Å². The summed E-state index contributed by atoms with van der Waals surface area (Å²) in [4.78, 5) is 19.3. The lowest BCUT2D eigenvalue weighted by atomic mass is 9.95. The molecule has 0 radical (unpaired) electrons. The molecule has 0 spiro atoms. The van der Waals surface area contributed by atoms with E-state index in [2.05, 4.69) is 79.9 Å². The Morgan fingerprint density at radius 3 is 2.32 bits per heavy atom. The molecule has 1 saturated heterocycles. The molecule has 2 aliphatic rings. The van der Waals surface area contributed by atoms with E-state index in [0.29, 0.717) is 28.1 Å². The molecule has 198 valence electrons. The first-order valence-electron chi connectivity index (χ1n) is 13.2. The molecule has 1 aromatic heterocycles. The molecular formula is C29H33ClN6OS. The van der Waals surface area contributed by atoms with Gasteiger partial charge in [0, 0.05) is 19.3 Å². The second-order valence-corrected chi connectivity index (χ2v) is 10.6. The van der Waals surface area contributed by atoms with Crippen LogP contribution in [0, 0.1) is 0 Å². The molecule has 0 unspecified atom stereocenters. The van der Waals surface area contributed by atoms with Crippen molar-refractivity contribution < 1.29 is 4.79 Å². The van der Waals surface area contributed by atoms with Gasteiger partial charge in [0.15, 0.2) is 10.9 Å². The van der Waals surface area contributed by atoms with Crippen molar-refractivity contribution in [3.63, 3.8) is 0 Å². The number of amides is 1. The van der Waals surface area contributed by atoms with Crippen molar-refractivity contribution in [2.75, 3.05) is 31.6 Å². The number of thiocarbonyl (C=S) groups is 1. The van der Waals surface area contributed by atoms with Crippen molar-refractivity contribution in [2.24, 2.45) is 0 Å². The number of nitrogens with zero attached hydrogens (tertiary/aromatic N) is 2. The van der Waals surface area contributed by atoms with Gasteiger partial charge in [-0.25, -0.2) is 4.98 Å². The van der Waals surface area contributed by atoms with Gasteiger partial charge in [0.25, 0.3) is 5.91 Å². The fraction of sp³-hybridized carbons (Fsp3) is 0.345. The zero-order valence-electron chi connectivity index (χ0n) is 21.3. The van der Waals surface area contributed by atoms with Gasteiger partial charge in [-0.05, 0) is 79.3 Å². The Labute approximate surface area is 234 Å². The Morgan fingerprint density at radius 1 is 1.00 bits per heavy atom. The third-order valence-corrected chi connectivity index (χ3v) is 7.74. The molecule has 9 heteroatoms. The third-order valence-electron chi connectivity index (χ3n) is 7.23.